The van der Waals surface area contributed by atoms with Gasteiger partial charge in [0.15, 0.2) is 5.16 Å². The van der Waals surface area contributed by atoms with Crippen molar-refractivity contribution in [2.75, 3.05) is 43.5 Å². The van der Waals surface area contributed by atoms with Gasteiger partial charge in [-0.05, 0) is 31.0 Å². The highest BCUT2D eigenvalue weighted by atomic mass is 32.2. The number of ether oxygens (including phenoxy) is 1. The third-order valence-corrected chi connectivity index (χ3v) is 6.50. The first kappa shape index (κ1) is 23.4. The Morgan fingerprint density at radius 2 is 1.94 bits per heavy atom. The summed E-state index contributed by atoms with van der Waals surface area (Å²) < 4.78 is 13.1. The maximum atomic E-state index is 13.1. The molecule has 1 amide bonds. The lowest BCUT2D eigenvalue weighted by molar-refractivity contribution is -0.129. The highest BCUT2D eigenvalue weighted by Crippen LogP contribution is 2.25. The molecular weight excluding hydrogens is 438 g/mol. The van der Waals surface area contributed by atoms with Gasteiger partial charge >= 0.3 is 0 Å². The minimum absolute atomic E-state index is 0.0999. The number of carbonyl (C=O) groups is 1. The summed E-state index contributed by atoms with van der Waals surface area (Å²) >= 11 is 1.43. The zero-order valence-corrected chi connectivity index (χ0v) is 20.1. The van der Waals surface area contributed by atoms with E-state index in [1.54, 1.807) is 6.26 Å². The van der Waals surface area contributed by atoms with Crippen LogP contribution < -0.4 is 4.90 Å². The van der Waals surface area contributed by atoms with E-state index in [1.807, 2.05) is 21.6 Å². The Labute approximate surface area is 198 Å². The molecule has 0 radical (unpaired) electrons. The van der Waals surface area contributed by atoms with Crippen molar-refractivity contribution in [1.82, 2.24) is 19.7 Å². The molecule has 0 N–H and O–H groups in total. The highest BCUT2D eigenvalue weighted by Gasteiger charge is 2.23. The lowest BCUT2D eigenvalue weighted by Gasteiger charge is -2.27. The van der Waals surface area contributed by atoms with Crippen molar-refractivity contribution in [2.24, 2.45) is 0 Å². The number of amides is 1. The smallest absolute Gasteiger partial charge is 0.233 e. The Balaban J connectivity index is 1.46. The largest absolute Gasteiger partial charge is 0.467 e. The lowest BCUT2D eigenvalue weighted by Crippen LogP contribution is -2.38. The van der Waals surface area contributed by atoms with Gasteiger partial charge in [0, 0.05) is 26.2 Å². The van der Waals surface area contributed by atoms with E-state index in [0.717, 1.165) is 43.3 Å². The van der Waals surface area contributed by atoms with E-state index in [0.29, 0.717) is 37.2 Å². The van der Waals surface area contributed by atoms with Gasteiger partial charge in [-0.3, -0.25) is 9.36 Å². The number of aromatic nitrogens is 3. The summed E-state index contributed by atoms with van der Waals surface area (Å²) in [6.45, 7) is 8.89. The molecule has 1 saturated heterocycles. The average molecular weight is 470 g/mol. The van der Waals surface area contributed by atoms with E-state index >= 15 is 0 Å². The monoisotopic (exact) mass is 469 g/mol. The van der Waals surface area contributed by atoms with Crippen molar-refractivity contribution in [3.05, 3.63) is 59.5 Å². The van der Waals surface area contributed by atoms with Crippen LogP contribution >= 0.6 is 11.8 Å². The van der Waals surface area contributed by atoms with Crippen LogP contribution in [0.2, 0.25) is 0 Å². The minimum atomic E-state index is 0.0999. The van der Waals surface area contributed by atoms with Crippen LogP contribution in [0.5, 0.6) is 0 Å². The third-order valence-electron chi connectivity index (χ3n) is 5.55. The van der Waals surface area contributed by atoms with Crippen molar-refractivity contribution in [3.63, 3.8) is 0 Å². The minimum Gasteiger partial charge on any atom is -0.467 e. The van der Waals surface area contributed by atoms with Gasteiger partial charge in [-0.2, -0.15) is 0 Å². The van der Waals surface area contributed by atoms with Gasteiger partial charge < -0.3 is 19.0 Å². The highest BCUT2D eigenvalue weighted by molar-refractivity contribution is 7.99. The van der Waals surface area contributed by atoms with Crippen LogP contribution in [0.3, 0.4) is 0 Å². The normalized spacial score (nSPS) is 13.9. The second kappa shape index (κ2) is 11.4. The van der Waals surface area contributed by atoms with Crippen molar-refractivity contribution in [2.45, 2.75) is 38.5 Å². The molecule has 9 heteroatoms. The van der Waals surface area contributed by atoms with Crippen molar-refractivity contribution in [3.8, 4) is 0 Å². The molecule has 0 atom stereocenters. The molecule has 0 aliphatic carbocycles. The summed E-state index contributed by atoms with van der Waals surface area (Å²) in [6.07, 6.45) is 2.58. The number of anilines is 1. The number of nitrogens with zero attached hydrogens (tertiary/aromatic N) is 5. The number of hydrogen-bond donors (Lipinski definition) is 0. The molecule has 3 aromatic rings. The summed E-state index contributed by atoms with van der Waals surface area (Å²) in [5.41, 5.74) is 2.36. The summed E-state index contributed by atoms with van der Waals surface area (Å²) in [7, 11) is 0. The summed E-state index contributed by atoms with van der Waals surface area (Å²) in [5.74, 6) is 2.02. The van der Waals surface area contributed by atoms with Gasteiger partial charge in [0.05, 0.1) is 31.8 Å². The number of hydrogen-bond acceptors (Lipinski definition) is 7. The Morgan fingerprint density at radius 1 is 1.15 bits per heavy atom. The quantitative estimate of drug-likeness (QED) is 0.420. The first-order valence-corrected chi connectivity index (χ1v) is 12.4. The van der Waals surface area contributed by atoms with Crippen molar-refractivity contribution < 1.29 is 13.9 Å². The van der Waals surface area contributed by atoms with Crippen molar-refractivity contribution >= 4 is 23.6 Å². The number of carbonyl (C=O) groups excluding carboxylic acids is 1. The molecule has 0 unspecified atom stereocenters. The van der Waals surface area contributed by atoms with Gasteiger partial charge in [-0.1, -0.05) is 48.5 Å². The fourth-order valence-corrected chi connectivity index (χ4v) is 4.61. The van der Waals surface area contributed by atoms with Crippen LogP contribution in [-0.2, 0) is 22.6 Å². The molecule has 4 rings (SSSR count). The van der Waals surface area contributed by atoms with E-state index in [4.69, 9.17) is 9.15 Å². The number of thioether (sulfide) groups is 1. The fourth-order valence-electron chi connectivity index (χ4n) is 3.78. The molecule has 1 fully saturated rings. The topological polar surface area (TPSA) is 76.6 Å². The third kappa shape index (κ3) is 6.17. The van der Waals surface area contributed by atoms with E-state index in [-0.39, 0.29) is 5.91 Å². The lowest BCUT2D eigenvalue weighted by atomic mass is 10.1. The van der Waals surface area contributed by atoms with Crippen LogP contribution in [0.15, 0.2) is 52.2 Å². The molecule has 8 nitrogen and oxygen atoms in total. The second-order valence-corrected chi connectivity index (χ2v) is 9.08. The molecule has 1 aliphatic rings. The summed E-state index contributed by atoms with van der Waals surface area (Å²) in [4.78, 5) is 17.2. The molecular formula is C24H31N5O3S. The molecule has 0 bridgehead atoms. The number of furan rings is 1. The van der Waals surface area contributed by atoms with Crippen LogP contribution in [0, 0.1) is 6.92 Å². The molecule has 0 saturated carbocycles. The van der Waals surface area contributed by atoms with Crippen LogP contribution in [0.25, 0.3) is 0 Å². The first-order chi connectivity index (χ1) is 16.1. The van der Waals surface area contributed by atoms with Crippen LogP contribution in [0.4, 0.5) is 5.95 Å². The summed E-state index contributed by atoms with van der Waals surface area (Å²) in [5, 5.41) is 9.59. The Kier molecular flexibility index (Phi) is 8.06. The standard InChI is InChI=1S/C24H31N5O3S/c1-3-10-28(16-20-8-6-19(2)7-9-20)22(30)18-33-24-26-25-23(27-11-14-31-15-12-27)29(24)17-21-5-4-13-32-21/h4-9,13H,3,10-12,14-18H2,1-2H3. The maximum Gasteiger partial charge on any atom is 0.233 e. The van der Waals surface area contributed by atoms with Crippen molar-refractivity contribution in [1.29, 1.82) is 0 Å². The van der Waals surface area contributed by atoms with E-state index in [2.05, 4.69) is 53.2 Å². The van der Waals surface area contributed by atoms with Gasteiger partial charge in [0.25, 0.3) is 0 Å². The molecule has 1 aliphatic heterocycles. The number of benzene rings is 1. The second-order valence-electron chi connectivity index (χ2n) is 8.14. The number of rotatable bonds is 10. The van der Waals surface area contributed by atoms with Gasteiger partial charge in [-0.15, -0.1) is 10.2 Å². The molecule has 3 heterocycles. The van der Waals surface area contributed by atoms with E-state index in [1.165, 1.54) is 17.3 Å². The Bertz CT molecular complexity index is 1010. The Morgan fingerprint density at radius 3 is 2.64 bits per heavy atom. The zero-order chi connectivity index (χ0) is 23.0. The molecule has 33 heavy (non-hydrogen) atoms. The predicted molar refractivity (Wildman–Crippen MR) is 128 cm³/mol. The van der Waals surface area contributed by atoms with Gasteiger partial charge in [0.1, 0.15) is 5.76 Å². The van der Waals surface area contributed by atoms with Crippen LogP contribution in [0.1, 0.15) is 30.2 Å². The molecule has 1 aromatic carbocycles. The SMILES string of the molecule is CCCN(Cc1ccc(C)cc1)C(=O)CSc1nnc(N2CCOCC2)n1Cc1ccco1. The first-order valence-electron chi connectivity index (χ1n) is 11.4. The summed E-state index contributed by atoms with van der Waals surface area (Å²) in [6, 6.07) is 12.2. The van der Waals surface area contributed by atoms with E-state index in [9.17, 15) is 4.79 Å². The molecule has 0 spiro atoms. The van der Waals surface area contributed by atoms with E-state index < -0.39 is 0 Å². The fraction of sp³-hybridized carbons (Fsp3) is 0.458. The van der Waals surface area contributed by atoms with Crippen LogP contribution in [-0.4, -0.2) is 64.2 Å². The molecule has 2 aromatic heterocycles. The zero-order valence-electron chi connectivity index (χ0n) is 19.3. The average Bonchev–Trinajstić information content (AvgIpc) is 3.49. The maximum absolute atomic E-state index is 13.1. The Hall–Kier alpha value is -2.78. The number of morpholine rings is 1. The number of aryl methyl sites for hydroxylation is 1. The molecule has 176 valence electrons. The predicted octanol–water partition coefficient (Wildman–Crippen LogP) is 3.60. The van der Waals surface area contributed by atoms with Gasteiger partial charge in [0.2, 0.25) is 11.9 Å². The van der Waals surface area contributed by atoms with Gasteiger partial charge in [-0.25, -0.2) is 0 Å².